The van der Waals surface area contributed by atoms with Crippen molar-refractivity contribution in [1.29, 1.82) is 0 Å². The van der Waals surface area contributed by atoms with Gasteiger partial charge in [-0.25, -0.2) is 0 Å². The number of likely N-dealkylation sites (tertiary alicyclic amines) is 1. The molecule has 7 heteroatoms. The zero-order chi connectivity index (χ0) is 25.6. The lowest BCUT2D eigenvalue weighted by Gasteiger charge is -2.32. The van der Waals surface area contributed by atoms with Crippen molar-refractivity contribution in [2.24, 2.45) is 7.05 Å². The predicted octanol–water partition coefficient (Wildman–Crippen LogP) is 6.90. The summed E-state index contributed by atoms with van der Waals surface area (Å²) in [5.41, 5.74) is 5.17. The van der Waals surface area contributed by atoms with Crippen molar-refractivity contribution in [2.75, 3.05) is 13.1 Å². The number of nitrogens with zero attached hydrogens (tertiary/aromatic N) is 3. The number of fused-ring (bicyclic) bond motifs is 1. The monoisotopic (exact) mass is 491 g/mol. The second-order valence-electron chi connectivity index (χ2n) is 9.62. The Kier molecular flexibility index (Phi) is 6.10. The van der Waals surface area contributed by atoms with Crippen LogP contribution in [0.3, 0.4) is 0 Å². The summed E-state index contributed by atoms with van der Waals surface area (Å²) in [4.78, 5) is 20.0. The lowest BCUT2D eigenvalue weighted by molar-refractivity contribution is -0.137. The number of carbonyl (C=O) groups excluding carboxylic acids is 1. The Morgan fingerprint density at radius 1 is 1.03 bits per heavy atom. The van der Waals surface area contributed by atoms with Gasteiger partial charge in [0.15, 0.2) is 0 Å². The Balaban J connectivity index is 1.38. The van der Waals surface area contributed by atoms with E-state index in [2.05, 4.69) is 18.4 Å². The Bertz CT molecular complexity index is 1450. The lowest BCUT2D eigenvalue weighted by Crippen LogP contribution is -2.39. The van der Waals surface area contributed by atoms with Crippen LogP contribution in [0.25, 0.3) is 22.2 Å². The molecule has 1 fully saturated rings. The van der Waals surface area contributed by atoms with Crippen molar-refractivity contribution in [3.05, 3.63) is 88.7 Å². The molecule has 0 bridgehead atoms. The van der Waals surface area contributed by atoms with E-state index in [0.717, 1.165) is 41.6 Å². The third-order valence-electron chi connectivity index (χ3n) is 7.44. The van der Waals surface area contributed by atoms with E-state index in [4.69, 9.17) is 4.98 Å². The number of rotatable bonds is 3. The number of hydrogen-bond donors (Lipinski definition) is 0. The fourth-order valence-corrected chi connectivity index (χ4v) is 5.17. The summed E-state index contributed by atoms with van der Waals surface area (Å²) in [7, 11) is 2.03. The molecular formula is C29H28F3N3O. The third kappa shape index (κ3) is 4.38. The van der Waals surface area contributed by atoms with Gasteiger partial charge in [-0.15, -0.1) is 0 Å². The summed E-state index contributed by atoms with van der Waals surface area (Å²) in [5, 5.41) is 1.09. The molecule has 0 saturated carbocycles. The number of pyridine rings is 1. The quantitative estimate of drug-likeness (QED) is 0.313. The predicted molar refractivity (Wildman–Crippen MR) is 135 cm³/mol. The first kappa shape index (κ1) is 24.1. The van der Waals surface area contributed by atoms with Gasteiger partial charge < -0.3 is 9.47 Å². The molecule has 0 N–H and O–H groups in total. The number of amides is 1. The van der Waals surface area contributed by atoms with Crippen LogP contribution in [-0.4, -0.2) is 33.4 Å². The number of hydrogen-bond acceptors (Lipinski definition) is 2. The maximum absolute atomic E-state index is 13.4. The van der Waals surface area contributed by atoms with Gasteiger partial charge in [-0.2, -0.15) is 13.2 Å². The van der Waals surface area contributed by atoms with Gasteiger partial charge in [0, 0.05) is 59.5 Å². The van der Waals surface area contributed by atoms with E-state index in [9.17, 15) is 18.0 Å². The Labute approximate surface area is 208 Å². The summed E-state index contributed by atoms with van der Waals surface area (Å²) in [6, 6.07) is 16.6. The van der Waals surface area contributed by atoms with Gasteiger partial charge in [0.25, 0.3) is 5.91 Å². The van der Waals surface area contributed by atoms with Crippen LogP contribution < -0.4 is 0 Å². The second-order valence-corrected chi connectivity index (χ2v) is 9.62. The van der Waals surface area contributed by atoms with Gasteiger partial charge >= 0.3 is 6.18 Å². The third-order valence-corrected chi connectivity index (χ3v) is 7.44. The highest BCUT2D eigenvalue weighted by molar-refractivity contribution is 5.99. The van der Waals surface area contributed by atoms with Crippen molar-refractivity contribution in [3.63, 3.8) is 0 Å². The molecule has 0 spiro atoms. The van der Waals surface area contributed by atoms with Crippen LogP contribution in [0.2, 0.25) is 0 Å². The van der Waals surface area contributed by atoms with Crippen molar-refractivity contribution in [3.8, 4) is 11.3 Å². The SMILES string of the molecule is Cc1c(C)n(C)c2ccc(C(=O)N3CCC[C@H](c4cccc(-c5cccc(C(F)(F)F)c5)n4)C3)cc12. The fourth-order valence-electron chi connectivity index (χ4n) is 5.17. The molecule has 2 aromatic heterocycles. The molecule has 1 amide bonds. The fraction of sp³-hybridized carbons (Fsp3) is 0.310. The minimum Gasteiger partial charge on any atom is -0.348 e. The van der Waals surface area contributed by atoms with Crippen LogP contribution in [0.1, 0.15) is 51.6 Å². The molecule has 1 atom stereocenters. The number of halogens is 3. The zero-order valence-electron chi connectivity index (χ0n) is 20.6. The Morgan fingerprint density at radius 2 is 1.81 bits per heavy atom. The van der Waals surface area contributed by atoms with Gasteiger partial charge in [-0.05, 0) is 74.7 Å². The smallest absolute Gasteiger partial charge is 0.348 e. The first-order valence-corrected chi connectivity index (χ1v) is 12.1. The van der Waals surface area contributed by atoms with Crippen molar-refractivity contribution < 1.29 is 18.0 Å². The minimum absolute atomic E-state index is 0.00320. The van der Waals surface area contributed by atoms with Crippen LogP contribution in [0.4, 0.5) is 13.2 Å². The average molecular weight is 492 g/mol. The van der Waals surface area contributed by atoms with E-state index in [0.29, 0.717) is 29.9 Å². The first-order valence-electron chi connectivity index (χ1n) is 12.1. The van der Waals surface area contributed by atoms with E-state index >= 15 is 0 Å². The van der Waals surface area contributed by atoms with Crippen LogP contribution >= 0.6 is 0 Å². The van der Waals surface area contributed by atoms with Gasteiger partial charge in [-0.3, -0.25) is 9.78 Å². The molecule has 0 aliphatic carbocycles. The topological polar surface area (TPSA) is 38.1 Å². The Hall–Kier alpha value is -3.61. The number of benzene rings is 2. The molecule has 0 radical (unpaired) electrons. The normalized spacial score (nSPS) is 16.5. The van der Waals surface area contributed by atoms with E-state index in [-0.39, 0.29) is 11.8 Å². The number of aryl methyl sites for hydroxylation is 2. The molecule has 186 valence electrons. The zero-order valence-corrected chi connectivity index (χ0v) is 20.6. The largest absolute Gasteiger partial charge is 0.416 e. The molecule has 1 saturated heterocycles. The summed E-state index contributed by atoms with van der Waals surface area (Å²) in [6.07, 6.45) is -2.69. The van der Waals surface area contributed by atoms with Gasteiger partial charge in [-0.1, -0.05) is 18.2 Å². The molecule has 2 aromatic carbocycles. The van der Waals surface area contributed by atoms with Crippen LogP contribution in [0.5, 0.6) is 0 Å². The van der Waals surface area contributed by atoms with Gasteiger partial charge in [0.2, 0.25) is 0 Å². The van der Waals surface area contributed by atoms with Gasteiger partial charge in [0.1, 0.15) is 0 Å². The average Bonchev–Trinajstić information content (AvgIpc) is 3.11. The van der Waals surface area contributed by atoms with E-state index in [1.807, 2.05) is 42.3 Å². The maximum atomic E-state index is 13.4. The molecule has 5 rings (SSSR count). The molecular weight excluding hydrogens is 463 g/mol. The van der Waals surface area contributed by atoms with E-state index < -0.39 is 11.7 Å². The highest BCUT2D eigenvalue weighted by Crippen LogP contribution is 2.33. The summed E-state index contributed by atoms with van der Waals surface area (Å²) >= 11 is 0. The summed E-state index contributed by atoms with van der Waals surface area (Å²) in [5.74, 6) is 0.0226. The number of carbonyl (C=O) groups is 1. The number of alkyl halides is 3. The minimum atomic E-state index is -4.40. The van der Waals surface area contributed by atoms with Crippen LogP contribution in [-0.2, 0) is 13.2 Å². The molecule has 4 aromatic rings. The van der Waals surface area contributed by atoms with Gasteiger partial charge in [0.05, 0.1) is 11.3 Å². The molecule has 3 heterocycles. The summed E-state index contributed by atoms with van der Waals surface area (Å²) in [6.45, 7) is 5.36. The van der Waals surface area contributed by atoms with Crippen LogP contribution in [0.15, 0.2) is 60.7 Å². The number of aromatic nitrogens is 2. The molecule has 0 unspecified atom stereocenters. The lowest BCUT2D eigenvalue weighted by atomic mass is 9.93. The van der Waals surface area contributed by atoms with Crippen molar-refractivity contribution >= 4 is 16.8 Å². The molecule has 4 nitrogen and oxygen atoms in total. The van der Waals surface area contributed by atoms with Crippen molar-refractivity contribution in [2.45, 2.75) is 38.8 Å². The maximum Gasteiger partial charge on any atom is 0.416 e. The first-order chi connectivity index (χ1) is 17.1. The standard InChI is InChI=1S/C29H28F3N3O/c1-18-19(2)34(3)27-13-12-21(16-24(18)27)28(36)35-14-6-8-22(17-35)26-11-5-10-25(33-26)20-7-4-9-23(15-20)29(30,31)32/h4-5,7,9-13,15-16,22H,6,8,14,17H2,1-3H3/t22-/m0/s1. The van der Waals surface area contributed by atoms with E-state index in [1.165, 1.54) is 17.3 Å². The highest BCUT2D eigenvalue weighted by Gasteiger charge is 2.31. The highest BCUT2D eigenvalue weighted by atomic mass is 19.4. The molecule has 1 aliphatic rings. The number of piperidine rings is 1. The second kappa shape index (κ2) is 9.12. The van der Waals surface area contributed by atoms with Crippen molar-refractivity contribution in [1.82, 2.24) is 14.5 Å². The van der Waals surface area contributed by atoms with Crippen LogP contribution in [0, 0.1) is 13.8 Å². The molecule has 1 aliphatic heterocycles. The van der Waals surface area contributed by atoms with E-state index in [1.54, 1.807) is 12.1 Å². The summed E-state index contributed by atoms with van der Waals surface area (Å²) < 4.78 is 41.7. The Morgan fingerprint density at radius 3 is 2.58 bits per heavy atom. The molecule has 36 heavy (non-hydrogen) atoms.